The molecule has 23 heavy (non-hydrogen) atoms. The normalized spacial score (nSPS) is 10.1. The Kier molecular flexibility index (Phi) is 5.42. The van der Waals surface area contributed by atoms with E-state index in [1.807, 2.05) is 17.5 Å². The SMILES string of the molecule is CCc1ccc(NC(=O)C(=O)NCc2cccs2)cc1[N+](=O)[O-]. The lowest BCUT2D eigenvalue weighted by molar-refractivity contribution is -0.385. The zero-order valence-corrected chi connectivity index (χ0v) is 13.2. The number of nitrogens with one attached hydrogen (secondary N) is 2. The van der Waals surface area contributed by atoms with E-state index in [9.17, 15) is 19.7 Å². The predicted octanol–water partition coefficient (Wildman–Crippen LogP) is 2.47. The maximum atomic E-state index is 11.8. The zero-order valence-electron chi connectivity index (χ0n) is 12.4. The van der Waals surface area contributed by atoms with Gasteiger partial charge >= 0.3 is 11.8 Å². The molecule has 0 atom stereocenters. The van der Waals surface area contributed by atoms with Crippen molar-refractivity contribution < 1.29 is 14.5 Å². The van der Waals surface area contributed by atoms with Crippen LogP contribution < -0.4 is 10.6 Å². The van der Waals surface area contributed by atoms with Gasteiger partial charge in [0, 0.05) is 22.2 Å². The van der Waals surface area contributed by atoms with E-state index in [0.717, 1.165) is 4.88 Å². The zero-order chi connectivity index (χ0) is 16.8. The summed E-state index contributed by atoms with van der Waals surface area (Å²) >= 11 is 1.47. The highest BCUT2D eigenvalue weighted by Crippen LogP contribution is 2.23. The number of carbonyl (C=O) groups excluding carboxylic acids is 2. The lowest BCUT2D eigenvalue weighted by Crippen LogP contribution is -2.34. The van der Waals surface area contributed by atoms with E-state index >= 15 is 0 Å². The van der Waals surface area contributed by atoms with Gasteiger partial charge in [0.25, 0.3) is 5.69 Å². The quantitative estimate of drug-likeness (QED) is 0.498. The molecule has 0 spiro atoms. The minimum Gasteiger partial charge on any atom is -0.343 e. The number of rotatable bonds is 5. The molecule has 0 saturated carbocycles. The van der Waals surface area contributed by atoms with Crippen molar-refractivity contribution in [3.63, 3.8) is 0 Å². The Morgan fingerprint density at radius 3 is 2.65 bits per heavy atom. The molecular weight excluding hydrogens is 318 g/mol. The summed E-state index contributed by atoms with van der Waals surface area (Å²) in [6.45, 7) is 2.07. The molecule has 0 aliphatic carbocycles. The molecule has 120 valence electrons. The third-order valence-corrected chi connectivity index (χ3v) is 4.01. The molecule has 0 fully saturated rings. The number of carbonyl (C=O) groups is 2. The number of anilines is 1. The van der Waals surface area contributed by atoms with Crippen molar-refractivity contribution in [2.45, 2.75) is 19.9 Å². The molecule has 0 saturated heterocycles. The van der Waals surface area contributed by atoms with Crippen LogP contribution in [0.25, 0.3) is 0 Å². The van der Waals surface area contributed by atoms with Gasteiger partial charge in [-0.1, -0.05) is 19.1 Å². The minimum atomic E-state index is -0.861. The summed E-state index contributed by atoms with van der Waals surface area (Å²) in [6, 6.07) is 8.05. The highest BCUT2D eigenvalue weighted by Gasteiger charge is 2.17. The number of nitro benzene ring substituents is 1. The van der Waals surface area contributed by atoms with Crippen molar-refractivity contribution in [1.82, 2.24) is 5.32 Å². The molecule has 2 N–H and O–H groups in total. The predicted molar refractivity (Wildman–Crippen MR) is 87.3 cm³/mol. The first kappa shape index (κ1) is 16.6. The van der Waals surface area contributed by atoms with Gasteiger partial charge in [0.15, 0.2) is 0 Å². The average molecular weight is 333 g/mol. The Balaban J connectivity index is 2.00. The number of hydrogen-bond acceptors (Lipinski definition) is 5. The number of hydrogen-bond donors (Lipinski definition) is 2. The van der Waals surface area contributed by atoms with E-state index < -0.39 is 16.7 Å². The smallest absolute Gasteiger partial charge is 0.313 e. The number of amides is 2. The van der Waals surface area contributed by atoms with Crippen LogP contribution in [-0.2, 0) is 22.6 Å². The largest absolute Gasteiger partial charge is 0.343 e. The van der Waals surface area contributed by atoms with Crippen LogP contribution in [0.2, 0.25) is 0 Å². The molecule has 2 aromatic rings. The fourth-order valence-corrected chi connectivity index (χ4v) is 2.60. The lowest BCUT2D eigenvalue weighted by atomic mass is 10.1. The summed E-state index contributed by atoms with van der Waals surface area (Å²) in [5, 5.41) is 17.7. The second-order valence-corrected chi connectivity index (χ2v) is 5.70. The van der Waals surface area contributed by atoms with E-state index in [-0.39, 0.29) is 17.9 Å². The average Bonchev–Trinajstić information content (AvgIpc) is 3.05. The number of aryl methyl sites for hydroxylation is 1. The summed E-state index contributed by atoms with van der Waals surface area (Å²) in [7, 11) is 0. The van der Waals surface area contributed by atoms with E-state index in [2.05, 4.69) is 10.6 Å². The topological polar surface area (TPSA) is 101 Å². The van der Waals surface area contributed by atoms with Crippen LogP contribution in [0.3, 0.4) is 0 Å². The van der Waals surface area contributed by atoms with Crippen molar-refractivity contribution in [2.75, 3.05) is 5.32 Å². The van der Waals surface area contributed by atoms with Gasteiger partial charge in [-0.05, 0) is 23.9 Å². The summed E-state index contributed by atoms with van der Waals surface area (Å²) in [6.07, 6.45) is 0.506. The van der Waals surface area contributed by atoms with Gasteiger partial charge in [-0.15, -0.1) is 11.3 Å². The molecule has 0 radical (unpaired) electrons. The van der Waals surface area contributed by atoms with Crippen LogP contribution in [0.1, 0.15) is 17.4 Å². The Hall–Kier alpha value is -2.74. The van der Waals surface area contributed by atoms with E-state index in [1.54, 1.807) is 13.0 Å². The number of nitro groups is 1. The van der Waals surface area contributed by atoms with Gasteiger partial charge < -0.3 is 10.6 Å². The van der Waals surface area contributed by atoms with Crippen molar-refractivity contribution >= 4 is 34.5 Å². The first-order chi connectivity index (χ1) is 11.0. The molecule has 0 bridgehead atoms. The first-order valence-electron chi connectivity index (χ1n) is 6.90. The number of benzene rings is 1. The van der Waals surface area contributed by atoms with Gasteiger partial charge in [-0.2, -0.15) is 0 Å². The van der Waals surface area contributed by atoms with Gasteiger partial charge in [-0.25, -0.2) is 0 Å². The molecule has 8 heteroatoms. The van der Waals surface area contributed by atoms with Crippen LogP contribution in [0.15, 0.2) is 35.7 Å². The van der Waals surface area contributed by atoms with Crippen LogP contribution in [-0.4, -0.2) is 16.7 Å². The highest BCUT2D eigenvalue weighted by atomic mass is 32.1. The van der Waals surface area contributed by atoms with E-state index in [1.165, 1.54) is 23.5 Å². The molecule has 0 aliphatic heterocycles. The van der Waals surface area contributed by atoms with Crippen molar-refractivity contribution in [3.8, 4) is 0 Å². The summed E-state index contributed by atoms with van der Waals surface area (Å²) in [5.74, 6) is -1.65. The number of nitrogens with zero attached hydrogens (tertiary/aromatic N) is 1. The standard InChI is InChI=1S/C15H15N3O4S/c1-2-10-5-6-11(8-13(10)18(21)22)17-15(20)14(19)16-9-12-4-3-7-23-12/h3-8H,2,9H2,1H3,(H,16,19)(H,17,20). The molecule has 2 amide bonds. The third kappa shape index (κ3) is 4.36. The monoisotopic (exact) mass is 333 g/mol. The molecule has 1 aromatic carbocycles. The fourth-order valence-electron chi connectivity index (χ4n) is 1.96. The van der Waals surface area contributed by atoms with Gasteiger partial charge in [0.2, 0.25) is 0 Å². The molecule has 1 aromatic heterocycles. The van der Waals surface area contributed by atoms with Crippen LogP contribution in [0.5, 0.6) is 0 Å². The Morgan fingerprint density at radius 2 is 2.04 bits per heavy atom. The van der Waals surface area contributed by atoms with Crippen molar-refractivity contribution in [1.29, 1.82) is 0 Å². The Morgan fingerprint density at radius 1 is 1.26 bits per heavy atom. The van der Waals surface area contributed by atoms with Crippen LogP contribution in [0.4, 0.5) is 11.4 Å². The molecule has 2 rings (SSSR count). The first-order valence-corrected chi connectivity index (χ1v) is 7.78. The lowest BCUT2D eigenvalue weighted by Gasteiger charge is -2.07. The molecule has 7 nitrogen and oxygen atoms in total. The fraction of sp³-hybridized carbons (Fsp3) is 0.200. The maximum Gasteiger partial charge on any atom is 0.313 e. The molecule has 1 heterocycles. The molecule has 0 unspecified atom stereocenters. The van der Waals surface area contributed by atoms with E-state index in [0.29, 0.717) is 12.0 Å². The Bertz CT molecular complexity index is 728. The van der Waals surface area contributed by atoms with Crippen LogP contribution in [0, 0.1) is 10.1 Å². The second-order valence-electron chi connectivity index (χ2n) is 4.67. The van der Waals surface area contributed by atoms with Crippen molar-refractivity contribution in [2.24, 2.45) is 0 Å². The minimum absolute atomic E-state index is 0.0794. The summed E-state index contributed by atoms with van der Waals surface area (Å²) in [4.78, 5) is 35.0. The van der Waals surface area contributed by atoms with Crippen LogP contribution >= 0.6 is 11.3 Å². The van der Waals surface area contributed by atoms with Crippen molar-refractivity contribution in [3.05, 3.63) is 56.3 Å². The maximum absolute atomic E-state index is 11.8. The Labute approximate surface area is 136 Å². The summed E-state index contributed by atoms with van der Waals surface area (Å²) < 4.78 is 0. The second kappa shape index (κ2) is 7.50. The summed E-state index contributed by atoms with van der Waals surface area (Å²) in [5.41, 5.74) is 0.699. The van der Waals surface area contributed by atoms with Gasteiger partial charge in [-0.3, -0.25) is 19.7 Å². The van der Waals surface area contributed by atoms with Gasteiger partial charge in [0.05, 0.1) is 11.5 Å². The molecule has 0 aliphatic rings. The van der Waals surface area contributed by atoms with Gasteiger partial charge in [0.1, 0.15) is 0 Å². The number of thiophene rings is 1. The third-order valence-electron chi connectivity index (χ3n) is 3.13. The van der Waals surface area contributed by atoms with E-state index in [4.69, 9.17) is 0 Å². The molecular formula is C15H15N3O4S. The highest BCUT2D eigenvalue weighted by molar-refractivity contribution is 7.09.